The van der Waals surface area contributed by atoms with Crippen LogP contribution in [0.5, 0.6) is 0 Å². The van der Waals surface area contributed by atoms with Crippen molar-refractivity contribution >= 4 is 23.0 Å². The number of fused-ring (bicyclic) bond motifs is 1. The molecule has 1 saturated heterocycles. The van der Waals surface area contributed by atoms with E-state index in [1.807, 2.05) is 48.7 Å². The van der Waals surface area contributed by atoms with E-state index in [9.17, 15) is 15.0 Å². The molecule has 6 N–H and O–H groups in total. The summed E-state index contributed by atoms with van der Waals surface area (Å²) in [5, 5.41) is 24.2. The van der Waals surface area contributed by atoms with Crippen molar-refractivity contribution in [2.24, 2.45) is 5.92 Å². The second kappa shape index (κ2) is 11.7. The number of hydrogen-bond acceptors (Lipinski definition) is 9. The van der Waals surface area contributed by atoms with E-state index in [1.54, 1.807) is 6.33 Å². The maximum atomic E-state index is 12.2. The number of esters is 1. The number of hydrogen-bond donors (Lipinski definition) is 4. The highest BCUT2D eigenvalue weighted by molar-refractivity contribution is 5.82. The third kappa shape index (κ3) is 5.81. The van der Waals surface area contributed by atoms with E-state index in [2.05, 4.69) is 26.0 Å². The van der Waals surface area contributed by atoms with E-state index in [1.165, 1.54) is 6.33 Å². The van der Waals surface area contributed by atoms with Crippen LogP contribution in [0.4, 0.5) is 5.82 Å². The van der Waals surface area contributed by atoms with Gasteiger partial charge in [-0.1, -0.05) is 44.2 Å². The van der Waals surface area contributed by atoms with Gasteiger partial charge in [-0.05, 0) is 18.4 Å². The van der Waals surface area contributed by atoms with Crippen LogP contribution in [0, 0.1) is 5.92 Å². The van der Waals surface area contributed by atoms with Crippen LogP contribution < -0.4 is 11.1 Å². The molecule has 1 aliphatic rings. The number of aryl methyl sites for hydroxylation is 1. The quantitative estimate of drug-likeness (QED) is 0.276. The van der Waals surface area contributed by atoms with Gasteiger partial charge in [-0.15, -0.1) is 0 Å². The van der Waals surface area contributed by atoms with Gasteiger partial charge in [0.15, 0.2) is 17.5 Å². The first-order chi connectivity index (χ1) is 17.4. The number of carbonyl (C=O) groups excluding carboxylic acids is 1. The molecule has 0 radical (unpaired) electrons. The Kier molecular flexibility index (Phi) is 8.47. The molecule has 0 spiro atoms. The van der Waals surface area contributed by atoms with Crippen LogP contribution in [0.15, 0.2) is 43.0 Å². The summed E-state index contributed by atoms with van der Waals surface area (Å²) in [6, 6.07) is 9.51. The van der Waals surface area contributed by atoms with Gasteiger partial charge in [0.25, 0.3) is 0 Å². The normalized spacial score (nSPS) is 23.5. The molecule has 36 heavy (non-hydrogen) atoms. The first kappa shape index (κ1) is 26.0. The summed E-state index contributed by atoms with van der Waals surface area (Å²) in [6.45, 7) is 4.86. The monoisotopic (exact) mass is 499 g/mol. The highest BCUT2D eigenvalue weighted by atomic mass is 16.6. The Bertz CT molecular complexity index is 1140. The lowest BCUT2D eigenvalue weighted by molar-refractivity contribution is -0.420. The number of nitrogens with zero attached hydrogens (tertiary/aromatic N) is 4. The Labute approximate surface area is 209 Å². The molecule has 6 atom stereocenters. The largest absolute Gasteiger partial charge is 0.458 e. The number of anilines is 1. The van der Waals surface area contributed by atoms with Crippen LogP contribution in [0.2, 0.25) is 0 Å². The predicted octanol–water partition coefficient (Wildman–Crippen LogP) is 0.518. The molecule has 0 saturated carbocycles. The van der Waals surface area contributed by atoms with Crippen LogP contribution >= 0.6 is 0 Å². The van der Waals surface area contributed by atoms with Crippen molar-refractivity contribution in [3.63, 3.8) is 0 Å². The van der Waals surface area contributed by atoms with Crippen molar-refractivity contribution in [3.05, 3.63) is 48.5 Å². The van der Waals surface area contributed by atoms with Gasteiger partial charge in [-0.25, -0.2) is 19.7 Å². The van der Waals surface area contributed by atoms with Crippen molar-refractivity contribution in [1.82, 2.24) is 19.5 Å². The number of carbonyl (C=O) groups is 1. The number of imidazole rings is 1. The minimum atomic E-state index is -1.15. The average Bonchev–Trinajstić information content (AvgIpc) is 3.45. The van der Waals surface area contributed by atoms with E-state index < -0.39 is 36.4 Å². The topological polar surface area (TPSA) is 159 Å². The first-order valence-electron chi connectivity index (χ1n) is 12.3. The molecule has 0 bridgehead atoms. The molecule has 3 aromatic rings. The van der Waals surface area contributed by atoms with Crippen LogP contribution in [-0.2, 0) is 27.4 Å². The number of rotatable bonds is 11. The summed E-state index contributed by atoms with van der Waals surface area (Å²) in [6.07, 6.45) is 0.723. The molecule has 11 nitrogen and oxygen atoms in total. The van der Waals surface area contributed by atoms with Crippen molar-refractivity contribution in [3.8, 4) is 0 Å². The maximum Gasteiger partial charge on any atom is 0.365 e. The van der Waals surface area contributed by atoms with Crippen molar-refractivity contribution < 1.29 is 30.2 Å². The number of quaternary nitrogens is 1. The SMILES string of the molecule is CC[C@H](C)[C@H]([NH3+])C(=O)OC[C@H]1O[C@@H](CCn2cnc3c(NCc4ccccc4)ncnc32)[C@H](O)[C@@H]1O. The van der Waals surface area contributed by atoms with E-state index in [0.717, 1.165) is 12.0 Å². The first-order valence-corrected chi connectivity index (χ1v) is 12.3. The Morgan fingerprint density at radius 2 is 1.94 bits per heavy atom. The number of aliphatic hydroxyl groups excluding tert-OH is 2. The maximum absolute atomic E-state index is 12.2. The molecule has 194 valence electrons. The summed E-state index contributed by atoms with van der Waals surface area (Å²) in [5.41, 5.74) is 6.30. The number of aromatic nitrogens is 4. The van der Waals surface area contributed by atoms with Gasteiger partial charge in [0, 0.05) is 19.0 Å². The van der Waals surface area contributed by atoms with Gasteiger partial charge in [-0.2, -0.15) is 0 Å². The number of benzene rings is 1. The molecule has 1 aliphatic heterocycles. The second-order valence-electron chi connectivity index (χ2n) is 9.28. The highest BCUT2D eigenvalue weighted by Crippen LogP contribution is 2.26. The minimum absolute atomic E-state index is 0.0909. The number of ether oxygens (including phenoxy) is 2. The van der Waals surface area contributed by atoms with Gasteiger partial charge < -0.3 is 35.3 Å². The van der Waals surface area contributed by atoms with E-state index in [4.69, 9.17) is 9.47 Å². The molecular weight excluding hydrogens is 464 g/mol. The van der Waals surface area contributed by atoms with Gasteiger partial charge in [0.2, 0.25) is 0 Å². The van der Waals surface area contributed by atoms with Crippen LogP contribution in [0.3, 0.4) is 0 Å². The van der Waals surface area contributed by atoms with Crippen molar-refractivity contribution in [2.75, 3.05) is 11.9 Å². The van der Waals surface area contributed by atoms with E-state index in [0.29, 0.717) is 36.5 Å². The fourth-order valence-corrected chi connectivity index (χ4v) is 4.21. The van der Waals surface area contributed by atoms with E-state index >= 15 is 0 Å². The zero-order valence-electron chi connectivity index (χ0n) is 20.7. The molecule has 3 heterocycles. The molecule has 11 heteroatoms. The minimum Gasteiger partial charge on any atom is -0.458 e. The second-order valence-corrected chi connectivity index (χ2v) is 9.28. The van der Waals surface area contributed by atoms with E-state index in [-0.39, 0.29) is 12.5 Å². The lowest BCUT2D eigenvalue weighted by Gasteiger charge is -2.18. The Morgan fingerprint density at radius 1 is 1.19 bits per heavy atom. The zero-order valence-corrected chi connectivity index (χ0v) is 20.7. The summed E-state index contributed by atoms with van der Waals surface area (Å²) in [4.78, 5) is 25.4. The Hall–Kier alpha value is -3.12. The van der Waals surface area contributed by atoms with Gasteiger partial charge in [-0.3, -0.25) is 0 Å². The molecule has 1 fully saturated rings. The molecule has 2 aromatic heterocycles. The summed E-state index contributed by atoms with van der Waals surface area (Å²) >= 11 is 0. The van der Waals surface area contributed by atoms with Crippen molar-refractivity contribution in [2.45, 2.75) is 70.2 Å². The standard InChI is InChI=1S/C25H34N6O5/c1-3-15(2)19(26)25(34)35-12-18-22(33)21(32)17(36-18)9-10-31-14-30-20-23(28-13-29-24(20)31)27-11-16-7-5-4-6-8-16/h4-8,13-15,17-19,21-22,32-33H,3,9-12,26H2,1-2H3,(H,27,28,29)/p+1/t15-,17-,18+,19-,21-,22+/m0/s1. The Balaban J connectivity index is 1.33. The molecule has 0 unspecified atom stereocenters. The van der Waals surface area contributed by atoms with Gasteiger partial charge in [0.05, 0.1) is 12.4 Å². The molecule has 1 aromatic carbocycles. The van der Waals surface area contributed by atoms with Crippen LogP contribution in [0.1, 0.15) is 32.3 Å². The lowest BCUT2D eigenvalue weighted by atomic mass is 10.0. The third-order valence-electron chi connectivity index (χ3n) is 6.84. The molecule has 0 amide bonds. The van der Waals surface area contributed by atoms with Crippen LogP contribution in [0.25, 0.3) is 11.2 Å². The number of aliphatic hydroxyl groups is 2. The van der Waals surface area contributed by atoms with Gasteiger partial charge in [0.1, 0.15) is 36.8 Å². The average molecular weight is 500 g/mol. The summed E-state index contributed by atoms with van der Waals surface area (Å²) in [7, 11) is 0. The van der Waals surface area contributed by atoms with Crippen LogP contribution in [-0.4, -0.2) is 72.8 Å². The van der Waals surface area contributed by atoms with Gasteiger partial charge >= 0.3 is 5.97 Å². The van der Waals surface area contributed by atoms with Crippen molar-refractivity contribution in [1.29, 1.82) is 0 Å². The molecular formula is C25H35N6O5+. The molecule has 4 rings (SSSR count). The fourth-order valence-electron chi connectivity index (χ4n) is 4.21. The third-order valence-corrected chi connectivity index (χ3v) is 6.84. The summed E-state index contributed by atoms with van der Waals surface area (Å²) in [5.74, 6) is 0.297. The fraction of sp³-hybridized carbons (Fsp3) is 0.520. The number of nitrogens with one attached hydrogen (secondary N) is 1. The zero-order chi connectivity index (χ0) is 25.7. The smallest absolute Gasteiger partial charge is 0.365 e. The predicted molar refractivity (Wildman–Crippen MR) is 131 cm³/mol. The lowest BCUT2D eigenvalue weighted by Crippen LogP contribution is -2.68. The summed E-state index contributed by atoms with van der Waals surface area (Å²) < 4.78 is 13.0. The molecule has 0 aliphatic carbocycles. The highest BCUT2D eigenvalue weighted by Gasteiger charge is 2.43. The Morgan fingerprint density at radius 3 is 2.69 bits per heavy atom.